The average molecular weight is 322 g/mol. The van der Waals surface area contributed by atoms with E-state index in [1.165, 1.54) is 64.5 Å². The second kappa shape index (κ2) is 7.27. The van der Waals surface area contributed by atoms with E-state index in [9.17, 15) is 0 Å². The van der Waals surface area contributed by atoms with Crippen molar-refractivity contribution in [2.45, 2.75) is 63.8 Å². The molecule has 24 heavy (non-hydrogen) atoms. The van der Waals surface area contributed by atoms with Crippen LogP contribution in [0.1, 0.15) is 57.8 Å². The van der Waals surface area contributed by atoms with Gasteiger partial charge in [-0.3, -0.25) is 4.90 Å². The van der Waals surface area contributed by atoms with Crippen LogP contribution in [-0.2, 0) is 0 Å². The Bertz CT molecular complexity index is 616. The molecule has 3 aliphatic carbocycles. The molecule has 1 heterocycles. The van der Waals surface area contributed by atoms with Crippen molar-refractivity contribution in [1.82, 2.24) is 4.90 Å². The van der Waals surface area contributed by atoms with E-state index in [2.05, 4.69) is 41.9 Å². The molecule has 0 spiro atoms. The highest BCUT2D eigenvalue weighted by molar-refractivity contribution is 5.59. The highest BCUT2D eigenvalue weighted by Crippen LogP contribution is 2.54. The topological polar surface area (TPSA) is 3.24 Å². The summed E-state index contributed by atoms with van der Waals surface area (Å²) in [4.78, 5) is 2.77. The van der Waals surface area contributed by atoms with Crippen LogP contribution in [0.2, 0.25) is 0 Å². The number of hydrogen-bond donors (Lipinski definition) is 0. The van der Waals surface area contributed by atoms with Crippen LogP contribution < -0.4 is 0 Å². The maximum absolute atomic E-state index is 4.01. The van der Waals surface area contributed by atoms with Crippen molar-refractivity contribution in [3.63, 3.8) is 0 Å². The summed E-state index contributed by atoms with van der Waals surface area (Å²) < 4.78 is 0. The lowest BCUT2D eigenvalue weighted by atomic mass is 9.94. The van der Waals surface area contributed by atoms with Crippen LogP contribution >= 0.6 is 0 Å². The van der Waals surface area contributed by atoms with Gasteiger partial charge in [0.2, 0.25) is 0 Å². The van der Waals surface area contributed by atoms with Gasteiger partial charge in [-0.05, 0) is 61.8 Å². The van der Waals surface area contributed by atoms with Crippen LogP contribution in [0.5, 0.6) is 0 Å². The maximum atomic E-state index is 4.01. The van der Waals surface area contributed by atoms with Gasteiger partial charge in [0.1, 0.15) is 0 Å². The summed E-state index contributed by atoms with van der Waals surface area (Å²) >= 11 is 0. The largest absolute Gasteiger partial charge is 0.296 e. The van der Waals surface area contributed by atoms with Crippen molar-refractivity contribution in [3.05, 3.63) is 59.3 Å². The van der Waals surface area contributed by atoms with Gasteiger partial charge in [0.15, 0.2) is 0 Å². The molecule has 1 heteroatoms. The summed E-state index contributed by atoms with van der Waals surface area (Å²) in [7, 11) is 0. The molecule has 0 aromatic heterocycles. The summed E-state index contributed by atoms with van der Waals surface area (Å²) in [5.74, 6) is 0.783. The van der Waals surface area contributed by atoms with Crippen molar-refractivity contribution in [3.8, 4) is 0 Å². The fourth-order valence-electron chi connectivity index (χ4n) is 4.80. The minimum Gasteiger partial charge on any atom is -0.296 e. The summed E-state index contributed by atoms with van der Waals surface area (Å²) in [6.07, 6.45) is 23.5. The molecule has 1 saturated carbocycles. The van der Waals surface area contributed by atoms with Gasteiger partial charge in [-0.15, -0.1) is 6.58 Å². The van der Waals surface area contributed by atoms with Crippen molar-refractivity contribution < 1.29 is 0 Å². The molecule has 0 aromatic rings. The first-order valence-electron chi connectivity index (χ1n) is 10.0. The van der Waals surface area contributed by atoms with Crippen LogP contribution in [0.4, 0.5) is 0 Å². The van der Waals surface area contributed by atoms with E-state index >= 15 is 0 Å². The average Bonchev–Trinajstić information content (AvgIpc) is 3.31. The Morgan fingerprint density at radius 3 is 2.96 bits per heavy atom. The van der Waals surface area contributed by atoms with Crippen molar-refractivity contribution in [2.24, 2.45) is 5.92 Å². The molecule has 128 valence electrons. The minimum atomic E-state index is 0.711. The zero-order valence-electron chi connectivity index (χ0n) is 15.0. The normalized spacial score (nSPS) is 30.3. The summed E-state index contributed by atoms with van der Waals surface area (Å²) in [6, 6.07) is 0.711. The van der Waals surface area contributed by atoms with Gasteiger partial charge in [0, 0.05) is 18.5 Å². The fraction of sp³-hybridized carbons (Fsp3) is 0.565. The molecule has 1 saturated heterocycles. The molecule has 2 fully saturated rings. The highest BCUT2D eigenvalue weighted by atomic mass is 15.2. The quantitative estimate of drug-likeness (QED) is 0.584. The van der Waals surface area contributed by atoms with Crippen LogP contribution in [0.3, 0.4) is 0 Å². The van der Waals surface area contributed by atoms with E-state index in [1.807, 2.05) is 0 Å². The second-order valence-electron chi connectivity index (χ2n) is 7.92. The lowest BCUT2D eigenvalue weighted by molar-refractivity contribution is 0.184. The van der Waals surface area contributed by atoms with Gasteiger partial charge < -0.3 is 0 Å². The first-order chi connectivity index (χ1) is 11.9. The van der Waals surface area contributed by atoms with E-state index < -0.39 is 0 Å². The monoisotopic (exact) mass is 321 g/mol. The van der Waals surface area contributed by atoms with Crippen LogP contribution in [0.25, 0.3) is 0 Å². The Morgan fingerprint density at radius 1 is 1.21 bits per heavy atom. The second-order valence-corrected chi connectivity index (χ2v) is 7.92. The van der Waals surface area contributed by atoms with E-state index in [1.54, 1.807) is 22.3 Å². The highest BCUT2D eigenvalue weighted by Gasteiger charge is 2.41. The van der Waals surface area contributed by atoms with Crippen molar-refractivity contribution in [1.29, 1.82) is 0 Å². The Hall–Kier alpha value is -1.34. The predicted molar refractivity (Wildman–Crippen MR) is 103 cm³/mol. The molecule has 4 rings (SSSR count). The van der Waals surface area contributed by atoms with Crippen LogP contribution in [-0.4, -0.2) is 24.0 Å². The first-order valence-corrected chi connectivity index (χ1v) is 10.0. The molecule has 1 aliphatic heterocycles. The van der Waals surface area contributed by atoms with E-state index in [0.29, 0.717) is 6.04 Å². The number of rotatable bonds is 5. The number of nitrogens with zero attached hydrogens (tertiary/aromatic N) is 1. The standard InChI is InChI=1S/C23H31N/c1-2-10-20-13-8-3-4-9-14-24(20)17-19-15-21(23-16-22(19)23)18-11-6-5-7-12-18/h2,5-6,11,15,20,23H,1,3-4,7-10,12-14,16-17H2. The van der Waals surface area contributed by atoms with Gasteiger partial charge in [-0.1, -0.05) is 55.2 Å². The molecule has 0 radical (unpaired) electrons. The predicted octanol–water partition coefficient (Wildman–Crippen LogP) is 5.73. The molecule has 1 nitrogen and oxygen atoms in total. The smallest absolute Gasteiger partial charge is 0.0236 e. The van der Waals surface area contributed by atoms with Gasteiger partial charge in [-0.2, -0.15) is 0 Å². The van der Waals surface area contributed by atoms with E-state index in [0.717, 1.165) is 12.3 Å². The molecule has 0 bridgehead atoms. The van der Waals surface area contributed by atoms with Gasteiger partial charge in [-0.25, -0.2) is 0 Å². The number of allylic oxidation sites excluding steroid dienone is 6. The molecule has 4 aliphatic rings. The lowest BCUT2D eigenvalue weighted by Gasteiger charge is -2.33. The van der Waals surface area contributed by atoms with E-state index in [-0.39, 0.29) is 0 Å². The number of hydrogen-bond acceptors (Lipinski definition) is 1. The summed E-state index contributed by atoms with van der Waals surface area (Å²) in [6.45, 7) is 6.46. The first kappa shape index (κ1) is 16.1. The van der Waals surface area contributed by atoms with Crippen LogP contribution in [0.15, 0.2) is 59.3 Å². The van der Waals surface area contributed by atoms with Gasteiger partial charge >= 0.3 is 0 Å². The third-order valence-electron chi connectivity index (χ3n) is 6.25. The third-order valence-corrected chi connectivity index (χ3v) is 6.25. The summed E-state index contributed by atoms with van der Waals surface area (Å²) in [5, 5.41) is 0. The minimum absolute atomic E-state index is 0.711. The fourth-order valence-corrected chi connectivity index (χ4v) is 4.80. The third kappa shape index (κ3) is 3.37. The zero-order chi connectivity index (χ0) is 16.4. The van der Waals surface area contributed by atoms with Gasteiger partial charge in [0.25, 0.3) is 0 Å². The SMILES string of the molecule is C=CCC1CCCCCCN1CC1=C2CC2C(C2=CC=CCC2)=C1. The summed E-state index contributed by atoms with van der Waals surface area (Å²) in [5.41, 5.74) is 6.65. The Morgan fingerprint density at radius 2 is 2.12 bits per heavy atom. The zero-order valence-corrected chi connectivity index (χ0v) is 15.0. The lowest BCUT2D eigenvalue weighted by Crippen LogP contribution is -2.38. The molecular formula is C23H31N. The maximum Gasteiger partial charge on any atom is 0.0236 e. The number of fused-ring (bicyclic) bond motifs is 1. The molecule has 2 atom stereocenters. The molecular weight excluding hydrogens is 290 g/mol. The molecule has 0 amide bonds. The van der Waals surface area contributed by atoms with Gasteiger partial charge in [0.05, 0.1) is 0 Å². The van der Waals surface area contributed by atoms with Crippen molar-refractivity contribution in [2.75, 3.05) is 13.1 Å². The molecule has 0 aromatic carbocycles. The molecule has 2 unspecified atom stereocenters. The Labute approximate surface area is 147 Å². The van der Waals surface area contributed by atoms with E-state index in [4.69, 9.17) is 0 Å². The van der Waals surface area contributed by atoms with Crippen molar-refractivity contribution >= 4 is 0 Å². The Balaban J connectivity index is 1.48. The van der Waals surface area contributed by atoms with Crippen LogP contribution in [0, 0.1) is 5.92 Å². The molecule has 0 N–H and O–H groups in total. The Kier molecular flexibility index (Phi) is 4.89. The number of likely N-dealkylation sites (tertiary alicyclic amines) is 1.